The van der Waals surface area contributed by atoms with Gasteiger partial charge in [-0.05, 0) is 53.9 Å². The lowest BCUT2D eigenvalue weighted by Gasteiger charge is -2.42. The van der Waals surface area contributed by atoms with E-state index < -0.39 is 32.3 Å². The molecule has 11 heteroatoms. The summed E-state index contributed by atoms with van der Waals surface area (Å²) in [5.41, 5.74) is 1.36. The number of anilines is 1. The molecule has 0 saturated carbocycles. The SMILES string of the molecule is COC(=O)Nc1ccccc1[C@@H]1[C@H](C(=O)O)c2cc(OC)c(OC)cc2C(=O)N1CCCO[Si](C)(C)C(C)(C)C. The number of carboxylic acids is 1. The predicted octanol–water partition coefficient (Wildman–Crippen LogP) is 5.66. The molecule has 0 radical (unpaired) electrons. The second kappa shape index (κ2) is 12.3. The molecule has 2 aromatic carbocycles. The molecule has 0 aliphatic carbocycles. The predicted molar refractivity (Wildman–Crippen MR) is 154 cm³/mol. The van der Waals surface area contributed by atoms with E-state index in [2.05, 4.69) is 39.2 Å². The van der Waals surface area contributed by atoms with Crippen LogP contribution in [0, 0.1) is 0 Å². The second-order valence-electron chi connectivity index (χ2n) is 11.2. The van der Waals surface area contributed by atoms with Crippen LogP contribution in [-0.2, 0) is 14.0 Å². The number of nitrogens with zero attached hydrogens (tertiary/aromatic N) is 1. The van der Waals surface area contributed by atoms with Gasteiger partial charge in [0.05, 0.1) is 27.4 Å². The summed E-state index contributed by atoms with van der Waals surface area (Å²) < 4.78 is 22.0. The largest absolute Gasteiger partial charge is 0.493 e. The Morgan fingerprint density at radius 1 is 1.02 bits per heavy atom. The van der Waals surface area contributed by atoms with E-state index >= 15 is 0 Å². The van der Waals surface area contributed by atoms with Gasteiger partial charge in [-0.1, -0.05) is 39.0 Å². The number of rotatable bonds is 10. The van der Waals surface area contributed by atoms with Gasteiger partial charge in [-0.25, -0.2) is 4.79 Å². The van der Waals surface area contributed by atoms with Crippen LogP contribution in [0.3, 0.4) is 0 Å². The van der Waals surface area contributed by atoms with Gasteiger partial charge in [-0.2, -0.15) is 0 Å². The van der Waals surface area contributed by atoms with Gasteiger partial charge in [0.25, 0.3) is 5.91 Å². The highest BCUT2D eigenvalue weighted by Gasteiger charge is 2.46. The first-order valence-electron chi connectivity index (χ1n) is 13.1. The van der Waals surface area contributed by atoms with Crippen LogP contribution in [0.25, 0.3) is 0 Å². The topological polar surface area (TPSA) is 124 Å². The Labute approximate surface area is 236 Å². The summed E-state index contributed by atoms with van der Waals surface area (Å²) in [5.74, 6) is -1.99. The molecule has 40 heavy (non-hydrogen) atoms. The van der Waals surface area contributed by atoms with E-state index in [0.717, 1.165) is 0 Å². The van der Waals surface area contributed by atoms with Crippen molar-refractivity contribution >= 4 is 32.0 Å². The number of carbonyl (C=O) groups excluding carboxylic acids is 2. The fourth-order valence-corrected chi connectivity index (χ4v) is 5.72. The van der Waals surface area contributed by atoms with E-state index in [1.165, 1.54) is 27.4 Å². The highest BCUT2D eigenvalue weighted by atomic mass is 28.4. The standard InChI is InChI=1S/C29H40N2O8Si/c1-29(2,3)40(7,8)39-15-11-14-31-25(18-12-9-10-13-21(18)30-28(35)38-6)24(27(33)34)19-16-22(36-4)23(37-5)17-20(19)26(31)32/h9-10,12-13,16-17,24-25H,11,14-15H2,1-8H3,(H,30,35)(H,33,34)/t24-,25-/m1/s1. The number of hydrogen-bond acceptors (Lipinski definition) is 7. The molecule has 0 saturated heterocycles. The number of amides is 2. The zero-order chi connectivity index (χ0) is 29.8. The maximum atomic E-state index is 14.1. The van der Waals surface area contributed by atoms with Gasteiger partial charge >= 0.3 is 12.1 Å². The molecular formula is C29H40N2O8Si. The molecule has 2 amide bonds. The Hall–Kier alpha value is -3.57. The lowest BCUT2D eigenvalue weighted by atomic mass is 9.79. The smallest absolute Gasteiger partial charge is 0.411 e. The second-order valence-corrected chi connectivity index (χ2v) is 16.0. The van der Waals surface area contributed by atoms with Crippen LogP contribution < -0.4 is 14.8 Å². The molecule has 10 nitrogen and oxygen atoms in total. The molecule has 0 spiro atoms. The number of methoxy groups -OCH3 is 3. The summed E-state index contributed by atoms with van der Waals surface area (Å²) in [5, 5.41) is 13.2. The van der Waals surface area contributed by atoms with Crippen LogP contribution in [0.1, 0.15) is 60.6 Å². The molecule has 2 aromatic rings. The maximum absolute atomic E-state index is 14.1. The number of para-hydroxylation sites is 1. The Morgan fingerprint density at radius 2 is 1.65 bits per heavy atom. The number of carboxylic acid groups (broad SMARTS) is 1. The Bertz CT molecular complexity index is 1260. The minimum Gasteiger partial charge on any atom is -0.493 e. The van der Waals surface area contributed by atoms with Gasteiger partial charge in [0.2, 0.25) is 0 Å². The van der Waals surface area contributed by atoms with E-state index in [-0.39, 0.29) is 23.1 Å². The minimum absolute atomic E-state index is 0.0257. The van der Waals surface area contributed by atoms with Crippen LogP contribution in [0.5, 0.6) is 11.5 Å². The Morgan fingerprint density at radius 3 is 2.23 bits per heavy atom. The number of benzene rings is 2. The van der Waals surface area contributed by atoms with Crippen molar-refractivity contribution in [1.82, 2.24) is 4.90 Å². The van der Waals surface area contributed by atoms with Crippen molar-refractivity contribution in [2.45, 2.75) is 57.3 Å². The highest BCUT2D eigenvalue weighted by molar-refractivity contribution is 6.74. The maximum Gasteiger partial charge on any atom is 0.411 e. The number of carbonyl (C=O) groups is 3. The molecule has 2 N–H and O–H groups in total. The van der Waals surface area contributed by atoms with Crippen molar-refractivity contribution in [3.05, 3.63) is 53.1 Å². The molecule has 0 aromatic heterocycles. The summed E-state index contributed by atoms with van der Waals surface area (Å²) in [6.07, 6.45) is -0.210. The third-order valence-electron chi connectivity index (χ3n) is 7.81. The molecular weight excluding hydrogens is 532 g/mol. The highest BCUT2D eigenvalue weighted by Crippen LogP contribution is 2.48. The summed E-state index contributed by atoms with van der Waals surface area (Å²) >= 11 is 0. The van der Waals surface area contributed by atoms with E-state index in [0.29, 0.717) is 41.3 Å². The molecule has 0 fully saturated rings. The first-order valence-corrected chi connectivity index (χ1v) is 16.1. The average Bonchev–Trinajstić information content (AvgIpc) is 2.90. The molecule has 0 unspecified atom stereocenters. The number of hydrogen-bond donors (Lipinski definition) is 2. The van der Waals surface area contributed by atoms with Gasteiger partial charge in [0.15, 0.2) is 19.8 Å². The Balaban J connectivity index is 2.12. The van der Waals surface area contributed by atoms with Crippen LogP contribution in [0.15, 0.2) is 36.4 Å². The number of aliphatic carboxylic acids is 1. The van der Waals surface area contributed by atoms with Crippen molar-refractivity contribution in [2.75, 3.05) is 39.8 Å². The summed E-state index contributed by atoms with van der Waals surface area (Å²) in [7, 11) is 2.13. The molecule has 3 rings (SSSR count). The van der Waals surface area contributed by atoms with Crippen molar-refractivity contribution in [3.63, 3.8) is 0 Å². The average molecular weight is 573 g/mol. The quantitative estimate of drug-likeness (QED) is 0.276. The monoisotopic (exact) mass is 572 g/mol. The van der Waals surface area contributed by atoms with Crippen molar-refractivity contribution in [2.24, 2.45) is 0 Å². The number of nitrogens with one attached hydrogen (secondary N) is 1. The van der Waals surface area contributed by atoms with Gasteiger partial charge in [-0.3, -0.25) is 14.9 Å². The number of ether oxygens (including phenoxy) is 3. The third kappa shape index (κ3) is 6.25. The Kier molecular flexibility index (Phi) is 9.52. The zero-order valence-electron chi connectivity index (χ0n) is 24.5. The molecule has 0 bridgehead atoms. The molecule has 1 heterocycles. The van der Waals surface area contributed by atoms with Crippen molar-refractivity contribution in [3.8, 4) is 11.5 Å². The lowest BCUT2D eigenvalue weighted by Crippen LogP contribution is -2.46. The fraction of sp³-hybridized carbons (Fsp3) is 0.483. The van der Waals surface area contributed by atoms with E-state index in [9.17, 15) is 19.5 Å². The van der Waals surface area contributed by atoms with Crippen molar-refractivity contribution in [1.29, 1.82) is 0 Å². The van der Waals surface area contributed by atoms with Crippen LogP contribution >= 0.6 is 0 Å². The first-order chi connectivity index (χ1) is 18.8. The van der Waals surface area contributed by atoms with Crippen LogP contribution in [0.2, 0.25) is 18.1 Å². The van der Waals surface area contributed by atoms with Gasteiger partial charge in [0, 0.05) is 24.4 Å². The number of fused-ring (bicyclic) bond motifs is 1. The molecule has 1 aliphatic rings. The van der Waals surface area contributed by atoms with Crippen LogP contribution in [-0.4, -0.2) is 70.8 Å². The summed E-state index contributed by atoms with van der Waals surface area (Å²) in [6, 6.07) is 8.96. The normalized spacial score (nSPS) is 17.2. The van der Waals surface area contributed by atoms with Crippen LogP contribution in [0.4, 0.5) is 10.5 Å². The van der Waals surface area contributed by atoms with E-state index in [1.54, 1.807) is 35.2 Å². The zero-order valence-corrected chi connectivity index (χ0v) is 25.5. The molecule has 2 atom stereocenters. The van der Waals surface area contributed by atoms with E-state index in [4.69, 9.17) is 18.6 Å². The first kappa shape index (κ1) is 31.0. The van der Waals surface area contributed by atoms with E-state index in [1.807, 2.05) is 0 Å². The van der Waals surface area contributed by atoms with Gasteiger partial charge < -0.3 is 28.6 Å². The van der Waals surface area contributed by atoms with Gasteiger partial charge in [0.1, 0.15) is 5.92 Å². The molecule has 1 aliphatic heterocycles. The summed E-state index contributed by atoms with van der Waals surface area (Å²) in [6.45, 7) is 11.5. The third-order valence-corrected chi connectivity index (χ3v) is 12.4. The summed E-state index contributed by atoms with van der Waals surface area (Å²) in [4.78, 5) is 40.7. The van der Waals surface area contributed by atoms with Gasteiger partial charge in [-0.15, -0.1) is 0 Å². The molecule has 218 valence electrons. The van der Waals surface area contributed by atoms with Crippen molar-refractivity contribution < 1.29 is 38.1 Å². The fourth-order valence-electron chi connectivity index (χ4n) is 4.63. The lowest BCUT2D eigenvalue weighted by molar-refractivity contribution is -0.140. The minimum atomic E-state index is -2.02.